The van der Waals surface area contributed by atoms with Gasteiger partial charge in [0.25, 0.3) is 0 Å². The van der Waals surface area contributed by atoms with Crippen LogP contribution in [0.4, 0.5) is 0 Å². The number of benzene rings is 1. The molecule has 0 unspecified atom stereocenters. The highest BCUT2D eigenvalue weighted by Gasteiger charge is 2.28. The third kappa shape index (κ3) is 2.05. The second-order valence-electron chi connectivity index (χ2n) is 5.18. The molecule has 3 nitrogen and oxygen atoms in total. The van der Waals surface area contributed by atoms with Crippen LogP contribution in [0.1, 0.15) is 25.0 Å². The van der Waals surface area contributed by atoms with E-state index >= 15 is 0 Å². The van der Waals surface area contributed by atoms with Crippen molar-refractivity contribution in [1.82, 2.24) is 4.98 Å². The van der Waals surface area contributed by atoms with Crippen LogP contribution in [-0.4, -0.2) is 16.1 Å². The zero-order chi connectivity index (χ0) is 12.6. The first-order chi connectivity index (χ1) is 7.92. The number of aromatic amines is 1. The Morgan fingerprint density at radius 3 is 2.76 bits per heavy atom. The van der Waals surface area contributed by atoms with Crippen molar-refractivity contribution in [2.45, 2.75) is 27.2 Å². The van der Waals surface area contributed by atoms with Crippen LogP contribution < -0.4 is 0 Å². The van der Waals surface area contributed by atoms with Gasteiger partial charge in [-0.15, -0.1) is 0 Å². The molecule has 0 aliphatic heterocycles. The first-order valence-corrected chi connectivity index (χ1v) is 5.71. The second kappa shape index (κ2) is 3.91. The quantitative estimate of drug-likeness (QED) is 0.852. The Kier molecular flexibility index (Phi) is 2.69. The number of aliphatic carboxylic acids is 1. The van der Waals surface area contributed by atoms with Crippen LogP contribution in [0.5, 0.6) is 0 Å². The number of hydrogen-bond acceptors (Lipinski definition) is 1. The average Bonchev–Trinajstić information content (AvgIpc) is 2.62. The van der Waals surface area contributed by atoms with Gasteiger partial charge in [0.15, 0.2) is 0 Å². The van der Waals surface area contributed by atoms with Crippen molar-refractivity contribution >= 4 is 16.9 Å². The largest absolute Gasteiger partial charge is 0.481 e. The zero-order valence-corrected chi connectivity index (χ0v) is 10.4. The number of hydrogen-bond donors (Lipinski definition) is 2. The topological polar surface area (TPSA) is 53.1 Å². The maximum absolute atomic E-state index is 11.1. The number of para-hydroxylation sites is 1. The monoisotopic (exact) mass is 231 g/mol. The number of rotatable bonds is 3. The Hall–Kier alpha value is -1.77. The lowest BCUT2D eigenvalue weighted by atomic mass is 9.86. The van der Waals surface area contributed by atoms with Crippen LogP contribution in [0.3, 0.4) is 0 Å². The highest BCUT2D eigenvalue weighted by atomic mass is 16.4. The summed E-state index contributed by atoms with van der Waals surface area (Å²) >= 11 is 0. The number of carboxylic acid groups (broad SMARTS) is 1. The molecule has 90 valence electrons. The molecule has 0 saturated carbocycles. The summed E-state index contributed by atoms with van der Waals surface area (Å²) in [5, 5.41) is 10.3. The Balaban J connectivity index is 2.44. The number of nitrogens with one attached hydrogen (secondary N) is 1. The molecule has 0 saturated heterocycles. The van der Waals surface area contributed by atoms with Gasteiger partial charge < -0.3 is 10.1 Å². The Morgan fingerprint density at radius 1 is 1.41 bits per heavy atom. The molecule has 0 bridgehead atoms. The summed E-state index contributed by atoms with van der Waals surface area (Å²) in [6.07, 6.45) is 2.45. The van der Waals surface area contributed by atoms with Crippen molar-refractivity contribution in [1.29, 1.82) is 0 Å². The van der Waals surface area contributed by atoms with Crippen LogP contribution in [0, 0.1) is 12.3 Å². The van der Waals surface area contributed by atoms with Gasteiger partial charge in [-0.1, -0.05) is 18.2 Å². The van der Waals surface area contributed by atoms with E-state index in [2.05, 4.69) is 4.98 Å². The molecule has 3 heteroatoms. The van der Waals surface area contributed by atoms with E-state index in [1.807, 2.05) is 31.3 Å². The molecule has 1 aromatic heterocycles. The molecule has 0 aliphatic rings. The summed E-state index contributed by atoms with van der Waals surface area (Å²) < 4.78 is 0. The Labute approximate surface area is 100 Å². The predicted molar refractivity (Wildman–Crippen MR) is 68.2 cm³/mol. The lowest BCUT2D eigenvalue weighted by Gasteiger charge is -2.18. The highest BCUT2D eigenvalue weighted by molar-refractivity contribution is 5.86. The number of aryl methyl sites for hydroxylation is 1. The van der Waals surface area contributed by atoms with E-state index in [1.165, 1.54) is 5.56 Å². The van der Waals surface area contributed by atoms with Crippen LogP contribution in [0.2, 0.25) is 0 Å². The first-order valence-electron chi connectivity index (χ1n) is 5.71. The van der Waals surface area contributed by atoms with E-state index in [0.29, 0.717) is 6.42 Å². The molecule has 2 aromatic rings. The molecular weight excluding hydrogens is 214 g/mol. The van der Waals surface area contributed by atoms with Gasteiger partial charge in [-0.3, -0.25) is 4.79 Å². The fourth-order valence-corrected chi connectivity index (χ4v) is 2.06. The minimum Gasteiger partial charge on any atom is -0.481 e. The van der Waals surface area contributed by atoms with Gasteiger partial charge in [0.1, 0.15) is 0 Å². The predicted octanol–water partition coefficient (Wildman–Crippen LogP) is 3.13. The molecule has 1 heterocycles. The third-order valence-electron chi connectivity index (χ3n) is 3.22. The van der Waals surface area contributed by atoms with E-state index in [9.17, 15) is 4.79 Å². The van der Waals surface area contributed by atoms with Gasteiger partial charge in [-0.2, -0.15) is 0 Å². The van der Waals surface area contributed by atoms with E-state index in [-0.39, 0.29) is 0 Å². The Bertz CT molecular complexity index is 567. The molecule has 0 fully saturated rings. The molecule has 2 N–H and O–H groups in total. The number of carbonyl (C=O) groups is 1. The van der Waals surface area contributed by atoms with Crippen molar-refractivity contribution in [3.63, 3.8) is 0 Å². The van der Waals surface area contributed by atoms with Crippen molar-refractivity contribution in [3.8, 4) is 0 Å². The van der Waals surface area contributed by atoms with Crippen molar-refractivity contribution in [3.05, 3.63) is 35.5 Å². The molecule has 0 aliphatic carbocycles. The molecular formula is C14H17NO2. The summed E-state index contributed by atoms with van der Waals surface area (Å²) in [6, 6.07) is 6.08. The lowest BCUT2D eigenvalue weighted by molar-refractivity contribution is -0.146. The van der Waals surface area contributed by atoms with Crippen molar-refractivity contribution in [2.24, 2.45) is 5.41 Å². The molecule has 1 aromatic carbocycles. The fraction of sp³-hybridized carbons (Fsp3) is 0.357. The third-order valence-corrected chi connectivity index (χ3v) is 3.22. The van der Waals surface area contributed by atoms with E-state index in [0.717, 1.165) is 16.5 Å². The average molecular weight is 231 g/mol. The number of fused-ring (bicyclic) bond motifs is 1. The van der Waals surface area contributed by atoms with E-state index < -0.39 is 11.4 Å². The van der Waals surface area contributed by atoms with Gasteiger partial charge >= 0.3 is 5.97 Å². The maximum atomic E-state index is 11.1. The van der Waals surface area contributed by atoms with Gasteiger partial charge in [-0.25, -0.2) is 0 Å². The summed E-state index contributed by atoms with van der Waals surface area (Å²) in [7, 11) is 0. The molecule has 2 rings (SSSR count). The SMILES string of the molecule is Cc1cccc2c(CC(C)(C)C(=O)O)c[nH]c12. The van der Waals surface area contributed by atoms with Gasteiger partial charge in [0.05, 0.1) is 5.41 Å². The van der Waals surface area contributed by atoms with Crippen LogP contribution in [-0.2, 0) is 11.2 Å². The maximum Gasteiger partial charge on any atom is 0.309 e. The van der Waals surface area contributed by atoms with Crippen LogP contribution >= 0.6 is 0 Å². The van der Waals surface area contributed by atoms with Gasteiger partial charge in [-0.05, 0) is 38.3 Å². The van der Waals surface area contributed by atoms with Gasteiger partial charge in [0.2, 0.25) is 0 Å². The smallest absolute Gasteiger partial charge is 0.309 e. The highest BCUT2D eigenvalue weighted by Crippen LogP contribution is 2.28. The summed E-state index contributed by atoms with van der Waals surface area (Å²) in [4.78, 5) is 14.4. The number of aromatic nitrogens is 1. The summed E-state index contributed by atoms with van der Waals surface area (Å²) in [5.74, 6) is -0.764. The minimum absolute atomic E-state index is 0.534. The normalized spacial score (nSPS) is 11.9. The zero-order valence-electron chi connectivity index (χ0n) is 10.4. The van der Waals surface area contributed by atoms with Crippen LogP contribution in [0.25, 0.3) is 10.9 Å². The first kappa shape index (κ1) is 11.7. The van der Waals surface area contributed by atoms with E-state index in [1.54, 1.807) is 13.8 Å². The molecule has 0 amide bonds. The number of carboxylic acids is 1. The second-order valence-corrected chi connectivity index (χ2v) is 5.18. The molecule has 0 atom stereocenters. The summed E-state index contributed by atoms with van der Waals surface area (Å²) in [5.41, 5.74) is 2.61. The van der Waals surface area contributed by atoms with Crippen molar-refractivity contribution < 1.29 is 9.90 Å². The molecule has 0 spiro atoms. The fourth-order valence-electron chi connectivity index (χ4n) is 2.06. The molecule has 17 heavy (non-hydrogen) atoms. The van der Waals surface area contributed by atoms with Crippen molar-refractivity contribution in [2.75, 3.05) is 0 Å². The lowest BCUT2D eigenvalue weighted by Crippen LogP contribution is -2.26. The minimum atomic E-state index is -0.764. The van der Waals surface area contributed by atoms with Crippen LogP contribution in [0.15, 0.2) is 24.4 Å². The summed E-state index contributed by atoms with van der Waals surface area (Å²) in [6.45, 7) is 5.55. The van der Waals surface area contributed by atoms with Gasteiger partial charge in [0, 0.05) is 17.1 Å². The standard InChI is InChI=1S/C14H17NO2/c1-9-5-4-6-11-10(8-15-12(9)11)7-14(2,3)13(16)17/h4-6,8,15H,7H2,1-3H3,(H,16,17). The van der Waals surface area contributed by atoms with E-state index in [4.69, 9.17) is 5.11 Å². The molecule has 0 radical (unpaired) electrons. The Morgan fingerprint density at radius 2 is 2.12 bits per heavy atom. The number of H-pyrrole nitrogens is 1.